The van der Waals surface area contributed by atoms with E-state index in [2.05, 4.69) is 36.5 Å². The van der Waals surface area contributed by atoms with Crippen molar-refractivity contribution < 1.29 is 4.79 Å². The molecule has 0 aliphatic rings. The highest BCUT2D eigenvalue weighted by Gasteiger charge is 2.18. The zero-order valence-electron chi connectivity index (χ0n) is 13.0. The van der Waals surface area contributed by atoms with Crippen LogP contribution in [0, 0.1) is 6.92 Å². The van der Waals surface area contributed by atoms with Crippen LogP contribution in [0.1, 0.15) is 27.6 Å². The molecule has 1 heterocycles. The summed E-state index contributed by atoms with van der Waals surface area (Å²) in [6, 6.07) is 22.2. The maximum Gasteiger partial charge on any atom is 0.226 e. The summed E-state index contributed by atoms with van der Waals surface area (Å²) in [6.07, 6.45) is 0.423. The Hall–Kier alpha value is -2.39. The molecule has 2 aromatic carbocycles. The predicted octanol–water partition coefficient (Wildman–Crippen LogP) is 4.50. The number of nitrogens with one attached hydrogen (secondary N) is 1. The highest BCUT2D eigenvalue weighted by molar-refractivity contribution is 7.10. The number of carbonyl (C=O) groups excluding carboxylic acids is 1. The van der Waals surface area contributed by atoms with Crippen LogP contribution in [-0.4, -0.2) is 5.91 Å². The number of benzene rings is 2. The van der Waals surface area contributed by atoms with Gasteiger partial charge in [-0.15, -0.1) is 11.3 Å². The van der Waals surface area contributed by atoms with Crippen molar-refractivity contribution in [1.82, 2.24) is 5.32 Å². The number of hydrogen-bond donors (Lipinski definition) is 1. The van der Waals surface area contributed by atoms with Crippen molar-refractivity contribution in [3.63, 3.8) is 0 Å². The predicted molar refractivity (Wildman–Crippen MR) is 95.6 cm³/mol. The molecule has 0 unspecified atom stereocenters. The monoisotopic (exact) mass is 321 g/mol. The van der Waals surface area contributed by atoms with Gasteiger partial charge in [-0.2, -0.15) is 0 Å². The molecule has 23 heavy (non-hydrogen) atoms. The summed E-state index contributed by atoms with van der Waals surface area (Å²) in [6.45, 7) is 2.08. The number of thiophene rings is 1. The molecule has 0 aliphatic heterocycles. The molecular weight excluding hydrogens is 302 g/mol. The van der Waals surface area contributed by atoms with Gasteiger partial charge in [0, 0.05) is 4.88 Å². The van der Waals surface area contributed by atoms with Crippen molar-refractivity contribution >= 4 is 17.2 Å². The minimum atomic E-state index is -0.120. The lowest BCUT2D eigenvalue weighted by Gasteiger charge is -2.21. The third kappa shape index (κ3) is 3.88. The van der Waals surface area contributed by atoms with Gasteiger partial charge in [-0.3, -0.25) is 4.79 Å². The Labute approximate surface area is 140 Å². The van der Waals surface area contributed by atoms with Crippen LogP contribution in [0.15, 0.2) is 72.1 Å². The van der Waals surface area contributed by atoms with E-state index >= 15 is 0 Å². The summed E-state index contributed by atoms with van der Waals surface area (Å²) in [5, 5.41) is 5.20. The topological polar surface area (TPSA) is 29.1 Å². The molecule has 0 aliphatic carbocycles. The van der Waals surface area contributed by atoms with Gasteiger partial charge in [0.15, 0.2) is 0 Å². The number of amides is 1. The normalized spacial score (nSPS) is 11.9. The fraction of sp³-hybridized carbons (Fsp3) is 0.150. The van der Waals surface area contributed by atoms with E-state index in [4.69, 9.17) is 0 Å². The van der Waals surface area contributed by atoms with Crippen LogP contribution >= 0.6 is 11.3 Å². The van der Waals surface area contributed by atoms with Crippen molar-refractivity contribution in [3.05, 3.63) is 93.7 Å². The van der Waals surface area contributed by atoms with Gasteiger partial charge in [0.1, 0.15) is 0 Å². The Bertz CT molecular complexity index is 765. The van der Waals surface area contributed by atoms with Crippen molar-refractivity contribution in [2.75, 3.05) is 0 Å². The summed E-state index contributed by atoms with van der Waals surface area (Å²) >= 11 is 1.61. The number of rotatable bonds is 5. The van der Waals surface area contributed by atoms with Gasteiger partial charge >= 0.3 is 0 Å². The Balaban J connectivity index is 1.87. The average Bonchev–Trinajstić information content (AvgIpc) is 3.07. The molecule has 1 aromatic heterocycles. The highest BCUT2D eigenvalue weighted by Crippen LogP contribution is 2.25. The van der Waals surface area contributed by atoms with Crippen molar-refractivity contribution in [2.45, 2.75) is 19.4 Å². The third-order valence-corrected chi connectivity index (χ3v) is 4.73. The molecule has 3 aromatic rings. The molecular formula is C20H19NOS. The molecule has 0 fully saturated rings. The first kappa shape index (κ1) is 15.5. The molecule has 0 saturated heterocycles. The summed E-state index contributed by atoms with van der Waals surface area (Å²) < 4.78 is 0. The molecule has 1 N–H and O–H groups in total. The molecule has 116 valence electrons. The van der Waals surface area contributed by atoms with Crippen molar-refractivity contribution in [2.24, 2.45) is 0 Å². The standard InChI is InChI=1S/C20H19NOS/c1-15-8-5-6-12-18(15)20(16-9-3-2-4-10-16)21-19(22)14-17-11-7-13-23-17/h2-13,20H,14H2,1H3,(H,21,22)/t20-/m0/s1. The smallest absolute Gasteiger partial charge is 0.226 e. The Morgan fingerprint density at radius 3 is 2.43 bits per heavy atom. The summed E-state index contributed by atoms with van der Waals surface area (Å²) in [5.74, 6) is 0.0459. The van der Waals surface area contributed by atoms with E-state index in [1.807, 2.05) is 47.8 Å². The Kier molecular flexibility index (Phi) is 4.89. The fourth-order valence-electron chi connectivity index (χ4n) is 2.68. The van der Waals surface area contributed by atoms with E-state index in [1.165, 1.54) is 5.56 Å². The lowest BCUT2D eigenvalue weighted by Crippen LogP contribution is -2.30. The van der Waals surface area contributed by atoms with Crippen LogP contribution in [0.2, 0.25) is 0 Å². The van der Waals surface area contributed by atoms with E-state index < -0.39 is 0 Å². The van der Waals surface area contributed by atoms with Crippen molar-refractivity contribution in [3.8, 4) is 0 Å². The SMILES string of the molecule is Cc1ccccc1[C@@H](NC(=O)Cc1cccs1)c1ccccc1. The summed E-state index contributed by atoms with van der Waals surface area (Å²) in [5.41, 5.74) is 3.41. The van der Waals surface area contributed by atoms with Gasteiger partial charge in [-0.1, -0.05) is 60.7 Å². The molecule has 3 rings (SSSR count). The van der Waals surface area contributed by atoms with Gasteiger partial charge in [0.25, 0.3) is 0 Å². The molecule has 0 saturated carbocycles. The molecule has 0 spiro atoms. The van der Waals surface area contributed by atoms with Crippen LogP contribution in [0.5, 0.6) is 0 Å². The number of hydrogen-bond acceptors (Lipinski definition) is 2. The van der Waals surface area contributed by atoms with E-state index in [1.54, 1.807) is 11.3 Å². The van der Waals surface area contributed by atoms with Gasteiger partial charge in [-0.25, -0.2) is 0 Å². The molecule has 1 atom stereocenters. The first-order chi connectivity index (χ1) is 11.2. The second-order valence-electron chi connectivity index (χ2n) is 5.52. The lowest BCUT2D eigenvalue weighted by atomic mass is 9.95. The van der Waals surface area contributed by atoms with Gasteiger partial charge in [0.2, 0.25) is 5.91 Å². The van der Waals surface area contributed by atoms with Crippen LogP contribution in [-0.2, 0) is 11.2 Å². The number of aryl methyl sites for hydroxylation is 1. The summed E-state index contributed by atoms with van der Waals surface area (Å²) in [7, 11) is 0. The highest BCUT2D eigenvalue weighted by atomic mass is 32.1. The van der Waals surface area contributed by atoms with E-state index in [0.29, 0.717) is 6.42 Å². The molecule has 3 heteroatoms. The molecule has 1 amide bonds. The second kappa shape index (κ2) is 7.25. The number of carbonyl (C=O) groups is 1. The van der Waals surface area contributed by atoms with Crippen molar-refractivity contribution in [1.29, 1.82) is 0 Å². The second-order valence-corrected chi connectivity index (χ2v) is 6.56. The average molecular weight is 321 g/mol. The minimum Gasteiger partial charge on any atom is -0.345 e. The van der Waals surface area contributed by atoms with Crippen LogP contribution in [0.3, 0.4) is 0 Å². The van der Waals surface area contributed by atoms with Gasteiger partial charge in [-0.05, 0) is 35.1 Å². The van der Waals surface area contributed by atoms with Crippen LogP contribution < -0.4 is 5.32 Å². The van der Waals surface area contributed by atoms with Gasteiger partial charge < -0.3 is 5.32 Å². The van der Waals surface area contributed by atoms with Gasteiger partial charge in [0.05, 0.1) is 12.5 Å². The Morgan fingerprint density at radius 2 is 1.74 bits per heavy atom. The van der Waals surface area contributed by atoms with E-state index in [0.717, 1.165) is 16.0 Å². The van der Waals surface area contributed by atoms with Crippen LogP contribution in [0.25, 0.3) is 0 Å². The molecule has 2 nitrogen and oxygen atoms in total. The largest absolute Gasteiger partial charge is 0.345 e. The lowest BCUT2D eigenvalue weighted by molar-refractivity contribution is -0.120. The fourth-order valence-corrected chi connectivity index (χ4v) is 3.38. The third-order valence-electron chi connectivity index (χ3n) is 3.85. The zero-order chi connectivity index (χ0) is 16.1. The molecule has 0 bridgehead atoms. The maximum atomic E-state index is 12.5. The summed E-state index contributed by atoms with van der Waals surface area (Å²) in [4.78, 5) is 13.6. The zero-order valence-corrected chi connectivity index (χ0v) is 13.8. The van der Waals surface area contributed by atoms with Crippen LogP contribution in [0.4, 0.5) is 0 Å². The molecule has 0 radical (unpaired) electrons. The minimum absolute atomic E-state index is 0.0459. The van der Waals surface area contributed by atoms with E-state index in [9.17, 15) is 4.79 Å². The van der Waals surface area contributed by atoms with E-state index in [-0.39, 0.29) is 11.9 Å². The first-order valence-corrected chi connectivity index (χ1v) is 8.54. The first-order valence-electron chi connectivity index (χ1n) is 7.66. The maximum absolute atomic E-state index is 12.5. The Morgan fingerprint density at radius 1 is 1.00 bits per heavy atom. The quantitative estimate of drug-likeness (QED) is 0.736.